The van der Waals surface area contributed by atoms with Gasteiger partial charge < -0.3 is 5.32 Å². The van der Waals surface area contributed by atoms with Gasteiger partial charge in [-0.15, -0.1) is 0 Å². The van der Waals surface area contributed by atoms with Gasteiger partial charge in [-0.3, -0.25) is 9.48 Å². The van der Waals surface area contributed by atoms with Gasteiger partial charge in [0.25, 0.3) is 0 Å². The zero-order chi connectivity index (χ0) is 16.2. The monoisotopic (exact) mass is 322 g/mol. The third-order valence-electron chi connectivity index (χ3n) is 3.03. The number of carbonyl (C=O) groups is 1. The molecule has 0 unspecified atom stereocenters. The highest BCUT2D eigenvalue weighted by atomic mass is 32.2. The Hall–Kier alpha value is -2.19. The molecule has 2 aromatic rings. The number of aromatic nitrogens is 2. The zero-order valence-corrected chi connectivity index (χ0v) is 13.2. The molecule has 2 N–H and O–H groups in total. The smallest absolute Gasteiger partial charge is 0.240 e. The van der Waals surface area contributed by atoms with Crippen LogP contribution in [0.2, 0.25) is 0 Å². The highest BCUT2D eigenvalue weighted by Crippen LogP contribution is 2.14. The van der Waals surface area contributed by atoms with Crippen molar-refractivity contribution in [1.82, 2.24) is 14.5 Å². The first kappa shape index (κ1) is 16.2. The molecule has 1 aromatic carbocycles. The Kier molecular flexibility index (Phi) is 4.94. The maximum atomic E-state index is 12.2. The molecule has 22 heavy (non-hydrogen) atoms. The van der Waals surface area contributed by atoms with Crippen LogP contribution in [0.3, 0.4) is 0 Å². The second kappa shape index (κ2) is 6.71. The number of aryl methyl sites for hydroxylation is 1. The van der Waals surface area contributed by atoms with Gasteiger partial charge in [0, 0.05) is 25.4 Å². The molecular weight excluding hydrogens is 304 g/mol. The summed E-state index contributed by atoms with van der Waals surface area (Å²) >= 11 is 0. The lowest BCUT2D eigenvalue weighted by molar-refractivity contribution is -0.114. The number of hydrogen-bond donors (Lipinski definition) is 2. The number of hydrogen-bond acceptors (Lipinski definition) is 4. The van der Waals surface area contributed by atoms with Gasteiger partial charge in [-0.25, -0.2) is 13.1 Å². The van der Waals surface area contributed by atoms with Gasteiger partial charge in [0.2, 0.25) is 15.9 Å². The molecule has 0 atom stereocenters. The molecule has 0 aliphatic carbocycles. The Balaban J connectivity index is 2.08. The Labute approximate surface area is 129 Å². The molecule has 0 aliphatic heterocycles. The lowest BCUT2D eigenvalue weighted by Crippen LogP contribution is -2.24. The third-order valence-corrected chi connectivity index (χ3v) is 4.45. The van der Waals surface area contributed by atoms with E-state index in [4.69, 9.17) is 0 Å². The van der Waals surface area contributed by atoms with Crippen molar-refractivity contribution >= 4 is 21.6 Å². The standard InChI is InChI=1S/C14H18N4O3S/c1-3-18-13(8-9-15-18)10-16-22(20,21)14-6-4-12(5-7-14)17-11(2)19/h4-9,16H,3,10H2,1-2H3,(H,17,19). The van der Waals surface area contributed by atoms with Crippen LogP contribution >= 0.6 is 0 Å². The summed E-state index contributed by atoms with van der Waals surface area (Å²) < 4.78 is 28.7. The number of nitrogens with one attached hydrogen (secondary N) is 2. The molecular formula is C14H18N4O3S. The summed E-state index contributed by atoms with van der Waals surface area (Å²) in [7, 11) is -3.61. The first-order valence-electron chi connectivity index (χ1n) is 6.80. The van der Waals surface area contributed by atoms with E-state index in [0.29, 0.717) is 12.2 Å². The summed E-state index contributed by atoms with van der Waals surface area (Å²) in [4.78, 5) is 11.1. The first-order valence-corrected chi connectivity index (χ1v) is 8.28. The van der Waals surface area contributed by atoms with Crippen molar-refractivity contribution < 1.29 is 13.2 Å². The van der Waals surface area contributed by atoms with Crippen LogP contribution in [0.25, 0.3) is 0 Å². The van der Waals surface area contributed by atoms with Crippen molar-refractivity contribution in [2.45, 2.75) is 31.8 Å². The van der Waals surface area contributed by atoms with E-state index in [0.717, 1.165) is 5.69 Å². The minimum absolute atomic E-state index is 0.143. The van der Waals surface area contributed by atoms with E-state index < -0.39 is 10.0 Å². The quantitative estimate of drug-likeness (QED) is 0.839. The number of benzene rings is 1. The van der Waals surface area contributed by atoms with Gasteiger partial charge in [-0.1, -0.05) is 0 Å². The van der Waals surface area contributed by atoms with Crippen molar-refractivity contribution in [3.63, 3.8) is 0 Å². The second-order valence-corrected chi connectivity index (χ2v) is 6.44. The van der Waals surface area contributed by atoms with E-state index in [-0.39, 0.29) is 17.3 Å². The zero-order valence-electron chi connectivity index (χ0n) is 12.4. The lowest BCUT2D eigenvalue weighted by atomic mass is 10.3. The van der Waals surface area contributed by atoms with E-state index in [1.165, 1.54) is 19.1 Å². The topological polar surface area (TPSA) is 93.1 Å². The van der Waals surface area contributed by atoms with Crippen LogP contribution in [0.4, 0.5) is 5.69 Å². The SMILES string of the molecule is CCn1nccc1CNS(=O)(=O)c1ccc(NC(C)=O)cc1. The molecule has 7 nitrogen and oxygen atoms in total. The van der Waals surface area contributed by atoms with E-state index in [9.17, 15) is 13.2 Å². The molecule has 1 heterocycles. The summed E-state index contributed by atoms with van der Waals surface area (Å²) in [5.74, 6) is -0.207. The molecule has 1 aromatic heterocycles. The molecule has 1 amide bonds. The molecule has 0 spiro atoms. The van der Waals surface area contributed by atoms with Crippen LogP contribution in [0, 0.1) is 0 Å². The number of carbonyl (C=O) groups excluding carboxylic acids is 1. The van der Waals surface area contributed by atoms with Crippen molar-refractivity contribution in [2.24, 2.45) is 0 Å². The Morgan fingerprint density at radius 1 is 1.23 bits per heavy atom. The molecule has 0 bridgehead atoms. The van der Waals surface area contributed by atoms with E-state index in [1.54, 1.807) is 29.1 Å². The Morgan fingerprint density at radius 2 is 1.91 bits per heavy atom. The predicted octanol–water partition coefficient (Wildman–Crippen LogP) is 1.34. The normalized spacial score (nSPS) is 11.4. The third kappa shape index (κ3) is 3.92. The average Bonchev–Trinajstić information content (AvgIpc) is 2.92. The van der Waals surface area contributed by atoms with Gasteiger partial charge in [-0.2, -0.15) is 5.10 Å². The van der Waals surface area contributed by atoms with Gasteiger partial charge >= 0.3 is 0 Å². The summed E-state index contributed by atoms with van der Waals surface area (Å²) in [5.41, 5.74) is 1.34. The van der Waals surface area contributed by atoms with Crippen molar-refractivity contribution in [2.75, 3.05) is 5.32 Å². The van der Waals surface area contributed by atoms with Crippen molar-refractivity contribution in [3.8, 4) is 0 Å². The average molecular weight is 322 g/mol. The van der Waals surface area contributed by atoms with Crippen LogP contribution in [0.15, 0.2) is 41.4 Å². The number of amides is 1. The molecule has 0 saturated heterocycles. The fourth-order valence-electron chi connectivity index (χ4n) is 1.97. The molecule has 118 valence electrons. The summed E-state index contributed by atoms with van der Waals surface area (Å²) in [6, 6.07) is 7.76. The molecule has 0 radical (unpaired) electrons. The maximum Gasteiger partial charge on any atom is 0.240 e. The van der Waals surface area contributed by atoms with Gasteiger partial charge in [-0.05, 0) is 37.3 Å². The number of rotatable bonds is 6. The maximum absolute atomic E-state index is 12.2. The molecule has 0 aliphatic rings. The number of anilines is 1. The fraction of sp³-hybridized carbons (Fsp3) is 0.286. The van der Waals surface area contributed by atoms with Crippen LogP contribution in [-0.2, 0) is 27.9 Å². The van der Waals surface area contributed by atoms with Crippen molar-refractivity contribution in [3.05, 3.63) is 42.2 Å². The minimum atomic E-state index is -3.61. The van der Waals surface area contributed by atoms with Gasteiger partial charge in [0.15, 0.2) is 0 Å². The molecule has 0 fully saturated rings. The van der Waals surface area contributed by atoms with Crippen molar-refractivity contribution in [1.29, 1.82) is 0 Å². The van der Waals surface area contributed by atoms with Gasteiger partial charge in [0.05, 0.1) is 17.1 Å². The number of sulfonamides is 1. The summed E-state index contributed by atoms with van der Waals surface area (Å²) in [5, 5.41) is 6.68. The predicted molar refractivity (Wildman–Crippen MR) is 82.7 cm³/mol. The molecule has 2 rings (SSSR count). The van der Waals surface area contributed by atoms with Gasteiger partial charge in [0.1, 0.15) is 0 Å². The molecule has 0 saturated carbocycles. The van der Waals surface area contributed by atoms with Crippen LogP contribution in [0.5, 0.6) is 0 Å². The summed E-state index contributed by atoms with van der Waals surface area (Å²) in [6.45, 7) is 4.17. The lowest BCUT2D eigenvalue weighted by Gasteiger charge is -2.09. The Bertz CT molecular complexity index is 751. The second-order valence-electron chi connectivity index (χ2n) is 4.67. The minimum Gasteiger partial charge on any atom is -0.326 e. The first-order chi connectivity index (χ1) is 10.4. The Morgan fingerprint density at radius 3 is 2.50 bits per heavy atom. The molecule has 8 heteroatoms. The summed E-state index contributed by atoms with van der Waals surface area (Å²) in [6.07, 6.45) is 1.63. The van der Waals surface area contributed by atoms with E-state index >= 15 is 0 Å². The van der Waals surface area contributed by atoms with E-state index in [1.807, 2.05) is 6.92 Å². The highest BCUT2D eigenvalue weighted by Gasteiger charge is 2.14. The largest absolute Gasteiger partial charge is 0.326 e. The fourth-order valence-corrected chi connectivity index (χ4v) is 2.97. The van der Waals surface area contributed by atoms with Crippen LogP contribution in [-0.4, -0.2) is 24.1 Å². The number of nitrogens with zero attached hydrogens (tertiary/aromatic N) is 2. The van der Waals surface area contributed by atoms with Crippen LogP contribution < -0.4 is 10.0 Å². The highest BCUT2D eigenvalue weighted by molar-refractivity contribution is 7.89. The van der Waals surface area contributed by atoms with Crippen LogP contribution in [0.1, 0.15) is 19.5 Å². The van der Waals surface area contributed by atoms with E-state index in [2.05, 4.69) is 15.1 Å².